The molecule has 1 aromatic heterocycles. The van der Waals surface area contributed by atoms with Crippen molar-refractivity contribution in [2.24, 2.45) is 0 Å². The first-order valence-electron chi connectivity index (χ1n) is 3.99. The Balaban J connectivity index is 2.97. The molecule has 4 heteroatoms. The van der Waals surface area contributed by atoms with Crippen LogP contribution in [-0.2, 0) is 0 Å². The maximum absolute atomic E-state index is 5.96. The van der Waals surface area contributed by atoms with E-state index < -0.39 is 0 Å². The molecule has 1 aromatic rings. The van der Waals surface area contributed by atoms with Gasteiger partial charge in [0.2, 0.25) is 0 Å². The topological polar surface area (TPSA) is 28.2 Å². The van der Waals surface area contributed by atoms with Gasteiger partial charge in [-0.15, -0.1) is 0 Å². The molecule has 3 nitrogen and oxygen atoms in total. The van der Waals surface area contributed by atoms with Crippen molar-refractivity contribution in [1.82, 2.24) is 10.4 Å². The summed E-state index contributed by atoms with van der Waals surface area (Å²) < 4.78 is 0. The number of allylic oxidation sites excluding steroid dienone is 1. The van der Waals surface area contributed by atoms with Gasteiger partial charge in [0.25, 0.3) is 0 Å². The van der Waals surface area contributed by atoms with E-state index in [1.54, 1.807) is 23.3 Å². The summed E-state index contributed by atoms with van der Waals surface area (Å²) >= 11 is 5.96. The molecule has 1 heterocycles. The minimum Gasteiger partial charge on any atom is -0.266 e. The Hall–Kier alpha value is -1.06. The SMILES string of the molecule is C/C=C\N(NC)c1ncccc1Cl. The fourth-order valence-electron chi connectivity index (χ4n) is 0.955. The highest BCUT2D eigenvalue weighted by atomic mass is 35.5. The molecular formula is C9H12ClN3. The molecule has 0 atom stereocenters. The number of nitrogens with one attached hydrogen (secondary N) is 1. The molecule has 13 heavy (non-hydrogen) atoms. The van der Waals surface area contributed by atoms with Crippen LogP contribution in [-0.4, -0.2) is 12.0 Å². The van der Waals surface area contributed by atoms with Crippen LogP contribution >= 0.6 is 11.6 Å². The Bertz CT molecular complexity index is 299. The van der Waals surface area contributed by atoms with Crippen LogP contribution < -0.4 is 10.4 Å². The number of hydrogen-bond acceptors (Lipinski definition) is 3. The maximum atomic E-state index is 5.96. The highest BCUT2D eigenvalue weighted by Crippen LogP contribution is 2.20. The minimum absolute atomic E-state index is 0.620. The van der Waals surface area contributed by atoms with Crippen molar-refractivity contribution in [3.05, 3.63) is 35.6 Å². The third-order valence-electron chi connectivity index (χ3n) is 1.51. The molecule has 0 saturated heterocycles. The summed E-state index contributed by atoms with van der Waals surface area (Å²) in [5, 5.41) is 2.37. The highest BCUT2D eigenvalue weighted by Gasteiger charge is 2.05. The molecule has 0 saturated carbocycles. The monoisotopic (exact) mass is 197 g/mol. The van der Waals surface area contributed by atoms with Gasteiger partial charge in [0.05, 0.1) is 5.02 Å². The summed E-state index contributed by atoms with van der Waals surface area (Å²) in [6.07, 6.45) is 5.46. The number of hydrazine groups is 1. The molecule has 0 spiro atoms. The van der Waals surface area contributed by atoms with Crippen molar-refractivity contribution in [2.45, 2.75) is 6.92 Å². The third-order valence-corrected chi connectivity index (χ3v) is 1.80. The summed E-state index contributed by atoms with van der Waals surface area (Å²) in [7, 11) is 1.81. The zero-order valence-electron chi connectivity index (χ0n) is 7.66. The fraction of sp³-hybridized carbons (Fsp3) is 0.222. The summed E-state index contributed by atoms with van der Waals surface area (Å²) in [5.74, 6) is 0.699. The van der Waals surface area contributed by atoms with Crippen molar-refractivity contribution in [3.8, 4) is 0 Å². The third kappa shape index (κ3) is 2.44. The second-order valence-electron chi connectivity index (χ2n) is 2.38. The molecule has 70 valence electrons. The molecule has 0 fully saturated rings. The second kappa shape index (κ2) is 4.84. The number of aromatic nitrogens is 1. The lowest BCUT2D eigenvalue weighted by atomic mass is 10.4. The van der Waals surface area contributed by atoms with E-state index >= 15 is 0 Å². The molecule has 0 bridgehead atoms. The molecular weight excluding hydrogens is 186 g/mol. The van der Waals surface area contributed by atoms with Crippen LogP contribution in [0.25, 0.3) is 0 Å². The van der Waals surface area contributed by atoms with Crippen LogP contribution in [0.3, 0.4) is 0 Å². The number of anilines is 1. The van der Waals surface area contributed by atoms with Gasteiger partial charge in [-0.2, -0.15) is 0 Å². The molecule has 0 radical (unpaired) electrons. The van der Waals surface area contributed by atoms with Crippen molar-refractivity contribution in [1.29, 1.82) is 0 Å². The zero-order chi connectivity index (χ0) is 9.68. The van der Waals surface area contributed by atoms with Gasteiger partial charge in [-0.05, 0) is 19.1 Å². The smallest absolute Gasteiger partial charge is 0.165 e. The number of pyridine rings is 1. The lowest BCUT2D eigenvalue weighted by Gasteiger charge is -2.18. The van der Waals surface area contributed by atoms with Crippen molar-refractivity contribution >= 4 is 17.4 Å². The largest absolute Gasteiger partial charge is 0.266 e. The predicted molar refractivity (Wildman–Crippen MR) is 55.6 cm³/mol. The summed E-state index contributed by atoms with van der Waals surface area (Å²) in [6, 6.07) is 3.60. The lowest BCUT2D eigenvalue weighted by molar-refractivity contribution is 0.810. The maximum Gasteiger partial charge on any atom is 0.165 e. The van der Waals surface area contributed by atoms with Gasteiger partial charge in [-0.25, -0.2) is 10.4 Å². The van der Waals surface area contributed by atoms with Crippen molar-refractivity contribution in [3.63, 3.8) is 0 Å². The summed E-state index contributed by atoms with van der Waals surface area (Å²) in [4.78, 5) is 4.15. The van der Waals surface area contributed by atoms with Gasteiger partial charge in [0.15, 0.2) is 5.82 Å². The Morgan fingerprint density at radius 1 is 1.62 bits per heavy atom. The first-order chi connectivity index (χ1) is 6.29. The minimum atomic E-state index is 0.620. The van der Waals surface area contributed by atoms with Crippen LogP contribution in [0, 0.1) is 0 Å². The van der Waals surface area contributed by atoms with Gasteiger partial charge >= 0.3 is 0 Å². The number of nitrogens with zero attached hydrogens (tertiary/aromatic N) is 2. The number of halogens is 1. The quantitative estimate of drug-likeness (QED) is 0.754. The molecule has 0 aromatic carbocycles. The Morgan fingerprint density at radius 2 is 2.38 bits per heavy atom. The molecule has 0 aliphatic rings. The van der Waals surface area contributed by atoms with Crippen LogP contribution in [0.4, 0.5) is 5.82 Å². The number of rotatable bonds is 3. The summed E-state index contributed by atoms with van der Waals surface area (Å²) in [6.45, 7) is 1.93. The molecule has 0 unspecified atom stereocenters. The van der Waals surface area contributed by atoms with Gasteiger partial charge in [-0.1, -0.05) is 17.7 Å². The summed E-state index contributed by atoms with van der Waals surface area (Å²) in [5.41, 5.74) is 2.96. The Morgan fingerprint density at radius 3 is 2.92 bits per heavy atom. The lowest BCUT2D eigenvalue weighted by Crippen LogP contribution is -2.30. The second-order valence-corrected chi connectivity index (χ2v) is 2.79. The van der Waals surface area contributed by atoms with Crippen molar-refractivity contribution < 1.29 is 0 Å². The first-order valence-corrected chi connectivity index (χ1v) is 4.37. The normalized spacial score (nSPS) is 10.7. The van der Waals surface area contributed by atoms with Crippen LogP contribution in [0.2, 0.25) is 5.02 Å². The van der Waals surface area contributed by atoms with Crippen molar-refractivity contribution in [2.75, 3.05) is 12.1 Å². The van der Waals surface area contributed by atoms with E-state index in [9.17, 15) is 0 Å². The highest BCUT2D eigenvalue weighted by molar-refractivity contribution is 6.32. The Kier molecular flexibility index (Phi) is 3.73. The molecule has 1 rings (SSSR count). The van der Waals surface area contributed by atoms with Gasteiger partial charge in [0, 0.05) is 19.4 Å². The van der Waals surface area contributed by atoms with Crippen LogP contribution in [0.15, 0.2) is 30.6 Å². The van der Waals surface area contributed by atoms with Crippen LogP contribution in [0.1, 0.15) is 6.92 Å². The van der Waals surface area contributed by atoms with E-state index in [0.717, 1.165) is 0 Å². The number of hydrogen-bond donors (Lipinski definition) is 1. The first kappa shape index (κ1) is 10.0. The van der Waals surface area contributed by atoms with Crippen LogP contribution in [0.5, 0.6) is 0 Å². The van der Waals surface area contributed by atoms with Gasteiger partial charge < -0.3 is 0 Å². The molecule has 0 aliphatic carbocycles. The fourth-order valence-corrected chi connectivity index (χ4v) is 1.17. The molecule has 1 N–H and O–H groups in total. The average Bonchev–Trinajstić information content (AvgIpc) is 2.16. The average molecular weight is 198 g/mol. The van der Waals surface area contributed by atoms with E-state index in [-0.39, 0.29) is 0 Å². The van der Waals surface area contributed by atoms with Gasteiger partial charge in [-0.3, -0.25) is 5.01 Å². The predicted octanol–water partition coefficient (Wildman–Crippen LogP) is 2.21. The Labute approximate surface area is 83.0 Å². The van der Waals surface area contributed by atoms with Gasteiger partial charge in [0.1, 0.15) is 0 Å². The van der Waals surface area contributed by atoms with E-state index in [0.29, 0.717) is 10.8 Å². The van der Waals surface area contributed by atoms with E-state index in [1.807, 2.05) is 26.2 Å². The zero-order valence-corrected chi connectivity index (χ0v) is 8.42. The standard InChI is InChI=1S/C9H12ClN3/c1-3-7-13(11-2)9-8(10)5-4-6-12-9/h3-7,11H,1-2H3/b7-3-. The van der Waals surface area contributed by atoms with E-state index in [2.05, 4.69) is 10.4 Å². The van der Waals surface area contributed by atoms with E-state index in [1.165, 1.54) is 0 Å². The van der Waals surface area contributed by atoms with E-state index in [4.69, 9.17) is 11.6 Å². The molecule has 0 aliphatic heterocycles. The molecule has 0 amide bonds.